The highest BCUT2D eigenvalue weighted by atomic mass is 35.5. The molecule has 4 aromatic rings. The highest BCUT2D eigenvalue weighted by Crippen LogP contribution is 2.31. The van der Waals surface area contributed by atoms with Gasteiger partial charge in [0.15, 0.2) is 0 Å². The molecule has 0 atom stereocenters. The maximum absolute atomic E-state index is 12.3. The van der Waals surface area contributed by atoms with Crippen LogP contribution in [0.1, 0.15) is 11.3 Å². The largest absolute Gasteiger partial charge is 0.455 e. The molecule has 0 bridgehead atoms. The van der Waals surface area contributed by atoms with Crippen LogP contribution < -0.4 is 5.43 Å². The zero-order valence-corrected chi connectivity index (χ0v) is 16.7. The fourth-order valence-electron chi connectivity index (χ4n) is 3.08. The second-order valence-corrected chi connectivity index (χ2v) is 7.28. The van der Waals surface area contributed by atoms with Crippen molar-refractivity contribution in [1.82, 2.24) is 5.43 Å². The molecule has 1 aromatic heterocycles. The normalized spacial score (nSPS) is 11.2. The molecule has 0 aliphatic carbocycles. The van der Waals surface area contributed by atoms with Gasteiger partial charge in [0.1, 0.15) is 11.5 Å². The zero-order chi connectivity index (χ0) is 20.2. The van der Waals surface area contributed by atoms with E-state index in [1.807, 2.05) is 42.5 Å². The number of hydrazone groups is 1. The van der Waals surface area contributed by atoms with Gasteiger partial charge in [0.2, 0.25) is 5.91 Å². The highest BCUT2D eigenvalue weighted by molar-refractivity contribution is 6.36. The van der Waals surface area contributed by atoms with Crippen LogP contribution in [-0.2, 0) is 11.2 Å². The Morgan fingerprint density at radius 2 is 1.83 bits per heavy atom. The van der Waals surface area contributed by atoms with E-state index in [0.29, 0.717) is 21.6 Å². The van der Waals surface area contributed by atoms with Gasteiger partial charge in [-0.3, -0.25) is 4.79 Å². The lowest BCUT2D eigenvalue weighted by molar-refractivity contribution is -0.120. The van der Waals surface area contributed by atoms with Gasteiger partial charge in [-0.25, -0.2) is 5.43 Å². The average molecular weight is 423 g/mol. The van der Waals surface area contributed by atoms with Gasteiger partial charge in [-0.1, -0.05) is 65.7 Å². The minimum absolute atomic E-state index is 0.204. The maximum Gasteiger partial charge on any atom is 0.244 e. The number of halogens is 2. The molecule has 0 fully saturated rings. The number of nitrogens with zero attached hydrogens (tertiary/aromatic N) is 1. The van der Waals surface area contributed by atoms with Crippen molar-refractivity contribution in [3.05, 3.63) is 94.2 Å². The molecular weight excluding hydrogens is 407 g/mol. The fourth-order valence-corrected chi connectivity index (χ4v) is 3.58. The Labute approximate surface area is 177 Å². The third-order valence-electron chi connectivity index (χ3n) is 4.44. The van der Waals surface area contributed by atoms with Crippen LogP contribution in [0.25, 0.3) is 22.1 Å². The van der Waals surface area contributed by atoms with Crippen LogP contribution >= 0.6 is 23.2 Å². The van der Waals surface area contributed by atoms with Crippen LogP contribution in [0, 0.1) is 0 Å². The van der Waals surface area contributed by atoms with Gasteiger partial charge in [0.05, 0.1) is 17.7 Å². The number of carbonyl (C=O) groups excluding carboxylic acids is 1. The van der Waals surface area contributed by atoms with Crippen LogP contribution in [0.3, 0.4) is 0 Å². The molecule has 144 valence electrons. The Bertz CT molecular complexity index is 1210. The lowest BCUT2D eigenvalue weighted by atomic mass is 10.0. The molecule has 0 saturated carbocycles. The van der Waals surface area contributed by atoms with Crippen molar-refractivity contribution in [1.29, 1.82) is 0 Å². The van der Waals surface area contributed by atoms with Crippen LogP contribution in [0.15, 0.2) is 82.3 Å². The number of fused-ring (bicyclic) bond motifs is 1. The van der Waals surface area contributed by atoms with E-state index in [9.17, 15) is 4.79 Å². The molecule has 1 N–H and O–H groups in total. The average Bonchev–Trinajstić information content (AvgIpc) is 3.17. The van der Waals surface area contributed by atoms with Crippen molar-refractivity contribution < 1.29 is 9.21 Å². The first kappa shape index (κ1) is 19.2. The number of rotatable bonds is 5. The number of nitrogens with one attached hydrogen (secondary N) is 1. The Kier molecular flexibility index (Phi) is 5.65. The predicted molar refractivity (Wildman–Crippen MR) is 118 cm³/mol. The third kappa shape index (κ3) is 4.50. The van der Waals surface area contributed by atoms with E-state index < -0.39 is 0 Å². The molecular formula is C23H16Cl2N2O2. The number of benzene rings is 3. The first-order valence-corrected chi connectivity index (χ1v) is 9.69. The van der Waals surface area contributed by atoms with E-state index >= 15 is 0 Å². The molecule has 0 spiro atoms. The summed E-state index contributed by atoms with van der Waals surface area (Å²) in [7, 11) is 0. The molecule has 0 unspecified atom stereocenters. The first-order chi connectivity index (χ1) is 14.1. The van der Waals surface area contributed by atoms with E-state index in [4.69, 9.17) is 27.6 Å². The third-order valence-corrected chi connectivity index (χ3v) is 4.98. The summed E-state index contributed by atoms with van der Waals surface area (Å²) in [6.07, 6.45) is 1.69. The molecule has 1 heterocycles. The van der Waals surface area contributed by atoms with Crippen molar-refractivity contribution in [2.45, 2.75) is 6.42 Å². The van der Waals surface area contributed by atoms with Gasteiger partial charge in [0, 0.05) is 10.6 Å². The maximum atomic E-state index is 12.3. The molecule has 0 aliphatic rings. The second kappa shape index (κ2) is 8.52. The lowest BCUT2D eigenvalue weighted by Gasteiger charge is -2.05. The Balaban J connectivity index is 1.41. The number of amides is 1. The summed E-state index contributed by atoms with van der Waals surface area (Å²) < 4.78 is 5.72. The van der Waals surface area contributed by atoms with Crippen LogP contribution in [0.5, 0.6) is 0 Å². The summed E-state index contributed by atoms with van der Waals surface area (Å²) in [6.45, 7) is 0. The van der Waals surface area contributed by atoms with Gasteiger partial charge in [-0.05, 0) is 46.7 Å². The molecule has 29 heavy (non-hydrogen) atoms. The van der Waals surface area contributed by atoms with Crippen LogP contribution in [0.2, 0.25) is 10.0 Å². The van der Waals surface area contributed by atoms with Crippen molar-refractivity contribution in [2.75, 3.05) is 0 Å². The summed E-state index contributed by atoms with van der Waals surface area (Å²) in [5, 5.41) is 7.21. The summed E-state index contributed by atoms with van der Waals surface area (Å²) in [4.78, 5) is 12.3. The SMILES string of the molecule is O=C(Cc1cccc2ccccc12)NN=Cc1ccc(-c2ccc(Cl)cc2Cl)o1. The van der Waals surface area contributed by atoms with Crippen LogP contribution in [0.4, 0.5) is 0 Å². The molecule has 6 heteroatoms. The Morgan fingerprint density at radius 1 is 1.00 bits per heavy atom. The monoisotopic (exact) mass is 422 g/mol. The minimum Gasteiger partial charge on any atom is -0.455 e. The van der Waals surface area contributed by atoms with Crippen molar-refractivity contribution in [2.24, 2.45) is 5.10 Å². The number of hydrogen-bond acceptors (Lipinski definition) is 3. The number of furan rings is 1. The number of hydrogen-bond donors (Lipinski definition) is 1. The highest BCUT2D eigenvalue weighted by Gasteiger charge is 2.09. The summed E-state index contributed by atoms with van der Waals surface area (Å²) in [5.74, 6) is 0.886. The van der Waals surface area contributed by atoms with Crippen molar-refractivity contribution >= 4 is 46.1 Å². The van der Waals surface area contributed by atoms with Gasteiger partial charge in [-0.15, -0.1) is 0 Å². The molecule has 4 rings (SSSR count). The fraction of sp³-hybridized carbons (Fsp3) is 0.0435. The Hall–Kier alpha value is -3.08. The molecule has 3 aromatic carbocycles. The van der Waals surface area contributed by atoms with E-state index in [0.717, 1.165) is 21.9 Å². The molecule has 0 aliphatic heterocycles. The summed E-state index contributed by atoms with van der Waals surface area (Å²) in [6, 6.07) is 22.6. The molecule has 1 amide bonds. The van der Waals surface area contributed by atoms with E-state index in [2.05, 4.69) is 10.5 Å². The Morgan fingerprint density at radius 3 is 2.69 bits per heavy atom. The van der Waals surface area contributed by atoms with E-state index in [1.54, 1.807) is 30.3 Å². The van der Waals surface area contributed by atoms with Crippen molar-refractivity contribution in [3.63, 3.8) is 0 Å². The lowest BCUT2D eigenvalue weighted by Crippen LogP contribution is -2.19. The smallest absolute Gasteiger partial charge is 0.244 e. The van der Waals surface area contributed by atoms with Gasteiger partial charge >= 0.3 is 0 Å². The number of carbonyl (C=O) groups is 1. The minimum atomic E-state index is -0.204. The molecule has 0 radical (unpaired) electrons. The van der Waals surface area contributed by atoms with Gasteiger partial charge in [0.25, 0.3) is 0 Å². The topological polar surface area (TPSA) is 54.6 Å². The van der Waals surface area contributed by atoms with Gasteiger partial charge in [-0.2, -0.15) is 5.10 Å². The standard InChI is InChI=1S/C23H16Cl2N2O2/c24-17-8-10-20(21(25)13-17)22-11-9-18(29-22)14-26-27-23(28)12-16-6-3-5-15-4-1-2-7-19(15)16/h1-11,13-14H,12H2,(H,27,28). The summed E-state index contributed by atoms with van der Waals surface area (Å²) in [5.41, 5.74) is 4.22. The first-order valence-electron chi connectivity index (χ1n) is 8.94. The predicted octanol–water partition coefficient (Wildman–Crippen LogP) is 6.10. The van der Waals surface area contributed by atoms with E-state index in [-0.39, 0.29) is 12.3 Å². The van der Waals surface area contributed by atoms with Crippen molar-refractivity contribution in [3.8, 4) is 11.3 Å². The molecule has 4 nitrogen and oxygen atoms in total. The van der Waals surface area contributed by atoms with Crippen LogP contribution in [-0.4, -0.2) is 12.1 Å². The van der Waals surface area contributed by atoms with E-state index in [1.165, 1.54) is 6.21 Å². The summed E-state index contributed by atoms with van der Waals surface area (Å²) >= 11 is 12.1. The van der Waals surface area contributed by atoms with Gasteiger partial charge < -0.3 is 4.42 Å². The second-order valence-electron chi connectivity index (χ2n) is 6.43. The zero-order valence-electron chi connectivity index (χ0n) is 15.2. The quantitative estimate of drug-likeness (QED) is 0.312. The molecule has 0 saturated heterocycles.